The first-order valence-electron chi connectivity index (χ1n) is 6.35. The molecule has 17 heavy (non-hydrogen) atoms. The molecule has 0 atom stereocenters. The minimum atomic E-state index is 0.00167. The zero-order chi connectivity index (χ0) is 13.3. The van der Waals surface area contributed by atoms with Crippen LogP contribution in [0.4, 0.5) is 0 Å². The lowest BCUT2D eigenvalue weighted by atomic mass is 9.82. The first-order chi connectivity index (χ1) is 7.77. The van der Waals surface area contributed by atoms with Crippen LogP contribution in [0.25, 0.3) is 0 Å². The Morgan fingerprint density at radius 3 is 1.59 bits per heavy atom. The Balaban J connectivity index is 3.64. The number of rotatable bonds is 3. The molecule has 0 aromatic heterocycles. The Morgan fingerprint density at radius 1 is 0.765 bits per heavy atom. The topological polar surface area (TPSA) is 40.5 Å². The van der Waals surface area contributed by atoms with Gasteiger partial charge in [-0.15, -0.1) is 0 Å². The van der Waals surface area contributed by atoms with Gasteiger partial charge in [0.15, 0.2) is 11.5 Å². The fourth-order valence-corrected chi connectivity index (χ4v) is 2.42. The Morgan fingerprint density at radius 2 is 1.24 bits per heavy atom. The van der Waals surface area contributed by atoms with E-state index < -0.39 is 0 Å². The highest BCUT2D eigenvalue weighted by molar-refractivity contribution is 5.56. The molecular formula is C15H24O2. The minimum Gasteiger partial charge on any atom is -0.504 e. The van der Waals surface area contributed by atoms with Crippen LogP contribution in [0.2, 0.25) is 0 Å². The molecule has 0 aliphatic carbocycles. The minimum absolute atomic E-state index is 0.00167. The molecule has 1 aromatic rings. The van der Waals surface area contributed by atoms with E-state index in [0.29, 0.717) is 11.8 Å². The van der Waals surface area contributed by atoms with Gasteiger partial charge in [-0.2, -0.15) is 0 Å². The SMILES string of the molecule is CC(C)c1cc(O)c(O)c(C(C)C)c1C(C)C. The monoisotopic (exact) mass is 236 g/mol. The van der Waals surface area contributed by atoms with Gasteiger partial charge in [0, 0.05) is 5.56 Å². The quantitative estimate of drug-likeness (QED) is 0.760. The average molecular weight is 236 g/mol. The number of hydrogen-bond acceptors (Lipinski definition) is 2. The van der Waals surface area contributed by atoms with Crippen LogP contribution in [0.3, 0.4) is 0 Å². The van der Waals surface area contributed by atoms with E-state index in [9.17, 15) is 10.2 Å². The van der Waals surface area contributed by atoms with Gasteiger partial charge in [-0.1, -0.05) is 41.5 Å². The van der Waals surface area contributed by atoms with Crippen molar-refractivity contribution in [3.8, 4) is 11.5 Å². The standard InChI is InChI=1S/C15H24O2/c1-8(2)11-7-12(16)15(17)14(10(5)6)13(11)9(3)4/h7-10,16-17H,1-6H3. The molecular weight excluding hydrogens is 212 g/mol. The first-order valence-corrected chi connectivity index (χ1v) is 6.35. The maximum atomic E-state index is 10.1. The van der Waals surface area contributed by atoms with Gasteiger partial charge < -0.3 is 10.2 Å². The van der Waals surface area contributed by atoms with E-state index in [1.807, 2.05) is 13.8 Å². The van der Waals surface area contributed by atoms with Crippen LogP contribution in [-0.2, 0) is 0 Å². The lowest BCUT2D eigenvalue weighted by molar-refractivity contribution is 0.395. The smallest absolute Gasteiger partial charge is 0.161 e. The number of aromatic hydroxyl groups is 2. The molecule has 0 heterocycles. The van der Waals surface area contributed by atoms with Gasteiger partial charge in [-0.3, -0.25) is 0 Å². The summed E-state index contributed by atoms with van der Waals surface area (Å²) in [6, 6.07) is 1.71. The highest BCUT2D eigenvalue weighted by Crippen LogP contribution is 2.43. The highest BCUT2D eigenvalue weighted by Gasteiger charge is 2.22. The van der Waals surface area contributed by atoms with Gasteiger partial charge in [-0.25, -0.2) is 0 Å². The largest absolute Gasteiger partial charge is 0.504 e. The molecule has 0 saturated heterocycles. The molecule has 2 heteroatoms. The van der Waals surface area contributed by atoms with E-state index in [1.165, 1.54) is 5.56 Å². The molecule has 1 aromatic carbocycles. The summed E-state index contributed by atoms with van der Waals surface area (Å²) >= 11 is 0. The molecule has 1 rings (SSSR count). The van der Waals surface area contributed by atoms with E-state index in [0.717, 1.165) is 11.1 Å². The summed E-state index contributed by atoms with van der Waals surface area (Å²) in [5.41, 5.74) is 3.22. The summed E-state index contributed by atoms with van der Waals surface area (Å²) in [7, 11) is 0. The maximum absolute atomic E-state index is 10.1. The van der Waals surface area contributed by atoms with Crippen molar-refractivity contribution in [3.05, 3.63) is 22.8 Å². The second kappa shape index (κ2) is 4.99. The van der Waals surface area contributed by atoms with Crippen LogP contribution in [0.1, 0.15) is 76.0 Å². The molecule has 2 N–H and O–H groups in total. The molecule has 0 fully saturated rings. The summed E-state index contributed by atoms with van der Waals surface area (Å²) in [6.07, 6.45) is 0. The van der Waals surface area contributed by atoms with Gasteiger partial charge in [0.25, 0.3) is 0 Å². The van der Waals surface area contributed by atoms with Crippen molar-refractivity contribution in [3.63, 3.8) is 0 Å². The summed E-state index contributed by atoms with van der Waals surface area (Å²) in [5, 5.41) is 19.9. The molecule has 0 spiro atoms. The fraction of sp³-hybridized carbons (Fsp3) is 0.600. The molecule has 96 valence electrons. The van der Waals surface area contributed by atoms with Crippen LogP contribution < -0.4 is 0 Å². The van der Waals surface area contributed by atoms with E-state index in [-0.39, 0.29) is 17.4 Å². The molecule has 0 aliphatic rings. The third-order valence-corrected chi connectivity index (χ3v) is 3.17. The number of hydrogen-bond donors (Lipinski definition) is 2. The molecule has 0 saturated carbocycles. The molecule has 0 bridgehead atoms. The van der Waals surface area contributed by atoms with Gasteiger partial charge in [0.05, 0.1) is 0 Å². The van der Waals surface area contributed by atoms with E-state index in [4.69, 9.17) is 0 Å². The predicted molar refractivity (Wildman–Crippen MR) is 72.0 cm³/mol. The Labute approximate surface area is 104 Å². The van der Waals surface area contributed by atoms with Crippen molar-refractivity contribution in [2.24, 2.45) is 0 Å². The zero-order valence-corrected chi connectivity index (χ0v) is 11.7. The normalized spacial score (nSPS) is 11.8. The molecule has 2 nitrogen and oxygen atoms in total. The zero-order valence-electron chi connectivity index (χ0n) is 11.7. The number of phenols is 2. The maximum Gasteiger partial charge on any atom is 0.161 e. The van der Waals surface area contributed by atoms with Crippen molar-refractivity contribution in [2.45, 2.75) is 59.3 Å². The molecule has 0 radical (unpaired) electrons. The molecule has 0 amide bonds. The number of benzene rings is 1. The van der Waals surface area contributed by atoms with E-state index in [2.05, 4.69) is 27.7 Å². The highest BCUT2D eigenvalue weighted by atomic mass is 16.3. The second-order valence-electron chi connectivity index (χ2n) is 5.62. The summed E-state index contributed by atoms with van der Waals surface area (Å²) in [4.78, 5) is 0. The summed E-state index contributed by atoms with van der Waals surface area (Å²) in [6.45, 7) is 12.6. The first kappa shape index (κ1) is 13.9. The predicted octanol–water partition coefficient (Wildman–Crippen LogP) is 4.47. The third-order valence-electron chi connectivity index (χ3n) is 3.17. The lowest BCUT2D eigenvalue weighted by Crippen LogP contribution is -2.06. The fourth-order valence-electron chi connectivity index (χ4n) is 2.42. The van der Waals surface area contributed by atoms with Crippen LogP contribution in [0.15, 0.2) is 6.07 Å². The average Bonchev–Trinajstić information content (AvgIpc) is 2.19. The van der Waals surface area contributed by atoms with E-state index in [1.54, 1.807) is 6.07 Å². The third kappa shape index (κ3) is 2.56. The van der Waals surface area contributed by atoms with Gasteiger partial charge in [-0.05, 0) is 34.9 Å². The van der Waals surface area contributed by atoms with E-state index >= 15 is 0 Å². The van der Waals surface area contributed by atoms with Gasteiger partial charge >= 0.3 is 0 Å². The van der Waals surface area contributed by atoms with Crippen LogP contribution >= 0.6 is 0 Å². The second-order valence-corrected chi connectivity index (χ2v) is 5.62. The van der Waals surface area contributed by atoms with Gasteiger partial charge in [0.2, 0.25) is 0 Å². The van der Waals surface area contributed by atoms with Crippen LogP contribution in [0, 0.1) is 0 Å². The van der Waals surface area contributed by atoms with Gasteiger partial charge in [0.1, 0.15) is 0 Å². The van der Waals surface area contributed by atoms with Crippen molar-refractivity contribution < 1.29 is 10.2 Å². The summed E-state index contributed by atoms with van der Waals surface area (Å²) in [5.74, 6) is 0.944. The number of phenolic OH excluding ortho intramolecular Hbond substituents is 2. The van der Waals surface area contributed by atoms with Crippen LogP contribution in [-0.4, -0.2) is 10.2 Å². The Kier molecular flexibility index (Phi) is 4.07. The van der Waals surface area contributed by atoms with Crippen molar-refractivity contribution in [2.75, 3.05) is 0 Å². The lowest BCUT2D eigenvalue weighted by Gasteiger charge is -2.24. The van der Waals surface area contributed by atoms with Crippen molar-refractivity contribution in [1.82, 2.24) is 0 Å². The molecule has 0 unspecified atom stereocenters. The molecule has 0 aliphatic heterocycles. The Hall–Kier alpha value is -1.18. The summed E-state index contributed by atoms with van der Waals surface area (Å²) < 4.78 is 0. The Bertz CT molecular complexity index is 404. The van der Waals surface area contributed by atoms with Crippen molar-refractivity contribution >= 4 is 0 Å². The van der Waals surface area contributed by atoms with Crippen LogP contribution in [0.5, 0.6) is 11.5 Å². The van der Waals surface area contributed by atoms with Crippen molar-refractivity contribution in [1.29, 1.82) is 0 Å².